The van der Waals surface area contributed by atoms with Crippen molar-refractivity contribution in [3.63, 3.8) is 0 Å². The summed E-state index contributed by atoms with van der Waals surface area (Å²) in [5, 5.41) is 0. The van der Waals surface area contributed by atoms with E-state index in [1.807, 2.05) is 37.3 Å². The third-order valence-electron chi connectivity index (χ3n) is 3.76. The zero-order valence-corrected chi connectivity index (χ0v) is 11.6. The third-order valence-corrected chi connectivity index (χ3v) is 3.76. The van der Waals surface area contributed by atoms with E-state index in [-0.39, 0.29) is 11.8 Å². The summed E-state index contributed by atoms with van der Waals surface area (Å²) in [6.45, 7) is 7.46. The molecule has 2 heteroatoms. The Labute approximate surface area is 110 Å². The van der Waals surface area contributed by atoms with Crippen LogP contribution in [0.5, 0.6) is 0 Å². The molecule has 0 aromatic heterocycles. The topological polar surface area (TPSA) is 20.3 Å². The van der Waals surface area contributed by atoms with Crippen LogP contribution in [0.1, 0.15) is 44.0 Å². The van der Waals surface area contributed by atoms with E-state index in [4.69, 9.17) is 0 Å². The van der Waals surface area contributed by atoms with Crippen molar-refractivity contribution < 1.29 is 4.79 Å². The first-order valence-electron chi connectivity index (χ1n) is 6.94. The summed E-state index contributed by atoms with van der Waals surface area (Å²) in [5.41, 5.74) is 0.825. The van der Waals surface area contributed by atoms with Gasteiger partial charge in [0.2, 0.25) is 0 Å². The van der Waals surface area contributed by atoms with Crippen LogP contribution in [0, 0.1) is 5.92 Å². The molecule has 1 unspecified atom stereocenters. The van der Waals surface area contributed by atoms with E-state index in [9.17, 15) is 4.79 Å². The molecule has 1 aromatic carbocycles. The van der Waals surface area contributed by atoms with E-state index in [1.165, 1.54) is 12.8 Å². The molecule has 2 rings (SSSR count). The molecule has 1 aliphatic rings. The van der Waals surface area contributed by atoms with Gasteiger partial charge < -0.3 is 0 Å². The molecule has 0 heterocycles. The lowest BCUT2D eigenvalue weighted by atomic mass is 10.0. The minimum atomic E-state index is -0.0204. The van der Waals surface area contributed by atoms with Gasteiger partial charge in [0.1, 0.15) is 0 Å². The Balaban J connectivity index is 2.07. The molecule has 0 spiro atoms. The SMILES string of the molecule is CC(C)N(CC1CC1)C(C)C(=O)c1ccccc1. The summed E-state index contributed by atoms with van der Waals surface area (Å²) in [6, 6.07) is 10.0. The van der Waals surface area contributed by atoms with Crippen LogP contribution >= 0.6 is 0 Å². The number of Topliss-reactive ketones (excluding diaryl/α,β-unsaturated/α-hetero) is 1. The van der Waals surface area contributed by atoms with Gasteiger partial charge in [-0.3, -0.25) is 9.69 Å². The lowest BCUT2D eigenvalue weighted by Gasteiger charge is -2.32. The standard InChI is InChI=1S/C16H23NO/c1-12(2)17(11-14-9-10-14)13(3)16(18)15-7-5-4-6-8-15/h4-8,12-14H,9-11H2,1-3H3. The summed E-state index contributed by atoms with van der Waals surface area (Å²) in [5.74, 6) is 1.06. The smallest absolute Gasteiger partial charge is 0.179 e. The van der Waals surface area contributed by atoms with Gasteiger partial charge in [-0.1, -0.05) is 30.3 Å². The second-order valence-electron chi connectivity index (χ2n) is 5.64. The van der Waals surface area contributed by atoms with Gasteiger partial charge in [-0.25, -0.2) is 0 Å². The zero-order chi connectivity index (χ0) is 13.1. The van der Waals surface area contributed by atoms with Crippen molar-refractivity contribution in [2.24, 2.45) is 5.92 Å². The average Bonchev–Trinajstić information content (AvgIpc) is 3.19. The van der Waals surface area contributed by atoms with Gasteiger partial charge in [-0.2, -0.15) is 0 Å². The van der Waals surface area contributed by atoms with Gasteiger partial charge in [0.05, 0.1) is 6.04 Å². The van der Waals surface area contributed by atoms with E-state index in [0.29, 0.717) is 6.04 Å². The summed E-state index contributed by atoms with van der Waals surface area (Å²) in [4.78, 5) is 14.8. The fourth-order valence-electron chi connectivity index (χ4n) is 2.41. The van der Waals surface area contributed by atoms with E-state index >= 15 is 0 Å². The van der Waals surface area contributed by atoms with E-state index < -0.39 is 0 Å². The molecule has 1 aliphatic carbocycles. The molecular formula is C16H23NO. The Morgan fingerprint density at radius 1 is 1.22 bits per heavy atom. The van der Waals surface area contributed by atoms with Gasteiger partial charge in [-0.05, 0) is 39.5 Å². The first-order valence-corrected chi connectivity index (χ1v) is 6.94. The summed E-state index contributed by atoms with van der Waals surface area (Å²) in [7, 11) is 0. The molecule has 1 aromatic rings. The molecule has 2 nitrogen and oxygen atoms in total. The number of nitrogens with zero attached hydrogens (tertiary/aromatic N) is 1. The van der Waals surface area contributed by atoms with Crippen molar-refractivity contribution in [1.82, 2.24) is 4.90 Å². The van der Waals surface area contributed by atoms with Crippen molar-refractivity contribution in [3.8, 4) is 0 Å². The van der Waals surface area contributed by atoms with Crippen LogP contribution < -0.4 is 0 Å². The molecular weight excluding hydrogens is 222 g/mol. The second kappa shape index (κ2) is 5.66. The summed E-state index contributed by atoms with van der Waals surface area (Å²) in [6.07, 6.45) is 2.66. The first-order chi connectivity index (χ1) is 8.59. The maximum absolute atomic E-state index is 12.5. The highest BCUT2D eigenvalue weighted by Crippen LogP contribution is 2.31. The normalized spacial score (nSPS) is 17.2. The Kier molecular flexibility index (Phi) is 4.18. The lowest BCUT2D eigenvalue weighted by molar-refractivity contribution is 0.0778. The Hall–Kier alpha value is -1.15. The second-order valence-corrected chi connectivity index (χ2v) is 5.64. The molecule has 18 heavy (non-hydrogen) atoms. The Morgan fingerprint density at radius 2 is 1.83 bits per heavy atom. The van der Waals surface area contributed by atoms with Crippen molar-refractivity contribution in [1.29, 1.82) is 0 Å². The summed E-state index contributed by atoms with van der Waals surface area (Å²) >= 11 is 0. The van der Waals surface area contributed by atoms with Gasteiger partial charge in [-0.15, -0.1) is 0 Å². The maximum atomic E-state index is 12.5. The predicted molar refractivity (Wildman–Crippen MR) is 74.8 cm³/mol. The van der Waals surface area contributed by atoms with Gasteiger partial charge in [0.25, 0.3) is 0 Å². The number of benzene rings is 1. The highest BCUT2D eigenvalue weighted by molar-refractivity contribution is 5.99. The first kappa shape index (κ1) is 13.3. The van der Waals surface area contributed by atoms with Crippen molar-refractivity contribution in [2.75, 3.05) is 6.54 Å². The number of carbonyl (C=O) groups is 1. The molecule has 0 amide bonds. The minimum Gasteiger partial charge on any atom is -0.292 e. The van der Waals surface area contributed by atoms with Crippen molar-refractivity contribution in [3.05, 3.63) is 35.9 Å². The molecule has 0 bridgehead atoms. The number of rotatable bonds is 6. The van der Waals surface area contributed by atoms with Gasteiger partial charge >= 0.3 is 0 Å². The van der Waals surface area contributed by atoms with Crippen LogP contribution in [0.3, 0.4) is 0 Å². The number of hydrogen-bond acceptors (Lipinski definition) is 2. The number of carbonyl (C=O) groups excluding carboxylic acids is 1. The van der Waals surface area contributed by atoms with Gasteiger partial charge in [0.15, 0.2) is 5.78 Å². The third kappa shape index (κ3) is 3.20. The lowest BCUT2D eigenvalue weighted by Crippen LogP contribution is -2.44. The Morgan fingerprint density at radius 3 is 2.33 bits per heavy atom. The van der Waals surface area contributed by atoms with Crippen LogP contribution in [0.4, 0.5) is 0 Å². The Bertz CT molecular complexity index is 395. The molecule has 0 saturated heterocycles. The molecule has 1 fully saturated rings. The number of hydrogen-bond donors (Lipinski definition) is 0. The average molecular weight is 245 g/mol. The van der Waals surface area contributed by atoms with E-state index in [1.54, 1.807) is 0 Å². The van der Waals surface area contributed by atoms with Gasteiger partial charge in [0, 0.05) is 18.2 Å². The molecule has 1 atom stereocenters. The molecule has 0 N–H and O–H groups in total. The summed E-state index contributed by atoms with van der Waals surface area (Å²) < 4.78 is 0. The minimum absolute atomic E-state index is 0.0204. The van der Waals surface area contributed by atoms with Crippen molar-refractivity contribution >= 4 is 5.78 Å². The fraction of sp³-hybridized carbons (Fsp3) is 0.562. The molecule has 98 valence electrons. The highest BCUT2D eigenvalue weighted by atomic mass is 16.1. The predicted octanol–water partition coefficient (Wildman–Crippen LogP) is 3.38. The van der Waals surface area contributed by atoms with Crippen LogP contribution in [0.25, 0.3) is 0 Å². The fourth-order valence-corrected chi connectivity index (χ4v) is 2.41. The largest absolute Gasteiger partial charge is 0.292 e. The molecule has 1 saturated carbocycles. The van der Waals surface area contributed by atoms with Crippen molar-refractivity contribution in [2.45, 2.75) is 45.7 Å². The molecule has 0 aliphatic heterocycles. The van der Waals surface area contributed by atoms with Crippen LogP contribution in [0.15, 0.2) is 30.3 Å². The van der Waals surface area contributed by atoms with E-state index in [2.05, 4.69) is 18.7 Å². The quantitative estimate of drug-likeness (QED) is 0.716. The highest BCUT2D eigenvalue weighted by Gasteiger charge is 2.30. The molecule has 0 radical (unpaired) electrons. The number of ketones is 1. The van der Waals surface area contributed by atoms with Crippen LogP contribution in [0.2, 0.25) is 0 Å². The van der Waals surface area contributed by atoms with Crippen LogP contribution in [-0.4, -0.2) is 29.3 Å². The zero-order valence-electron chi connectivity index (χ0n) is 11.6. The van der Waals surface area contributed by atoms with Crippen LogP contribution in [-0.2, 0) is 0 Å². The van der Waals surface area contributed by atoms with E-state index in [0.717, 1.165) is 18.0 Å². The maximum Gasteiger partial charge on any atom is 0.179 e. The monoisotopic (exact) mass is 245 g/mol.